The van der Waals surface area contributed by atoms with Crippen molar-refractivity contribution in [1.82, 2.24) is 0 Å². The van der Waals surface area contributed by atoms with Crippen molar-refractivity contribution in [3.05, 3.63) is 122 Å². The van der Waals surface area contributed by atoms with Crippen molar-refractivity contribution in [2.45, 2.75) is 277 Å². The van der Waals surface area contributed by atoms with Crippen LogP contribution in [0.15, 0.2) is 122 Å². The first-order chi connectivity index (χ1) is 38.8. The molecule has 0 fully saturated rings. The molecule has 9 nitrogen and oxygen atoms in total. The molecule has 0 amide bonds. The molecule has 0 aromatic rings. The van der Waals surface area contributed by atoms with Gasteiger partial charge in [-0.25, -0.2) is 4.57 Å². The monoisotopic (exact) mass is 1120 g/mol. The summed E-state index contributed by atoms with van der Waals surface area (Å²) in [5.74, 6) is -0.848. The lowest BCUT2D eigenvalue weighted by molar-refractivity contribution is -0.161. The van der Waals surface area contributed by atoms with Crippen LogP contribution in [0.25, 0.3) is 0 Å². The molecule has 0 saturated carbocycles. The normalized spacial score (nSPS) is 13.8. The zero-order valence-electron chi connectivity index (χ0n) is 50.6. The van der Waals surface area contributed by atoms with Gasteiger partial charge < -0.3 is 20.1 Å². The van der Waals surface area contributed by atoms with Gasteiger partial charge in [0.1, 0.15) is 6.61 Å². The van der Waals surface area contributed by atoms with Crippen molar-refractivity contribution in [2.75, 3.05) is 26.4 Å². The zero-order chi connectivity index (χ0) is 57.3. The summed E-state index contributed by atoms with van der Waals surface area (Å²) in [6.45, 7) is 3.50. The van der Waals surface area contributed by atoms with Gasteiger partial charge in [-0.05, 0) is 103 Å². The van der Waals surface area contributed by atoms with Gasteiger partial charge in [-0.15, -0.1) is 0 Å². The number of nitrogens with two attached hydrogens (primary N) is 1. The van der Waals surface area contributed by atoms with E-state index in [1.165, 1.54) is 116 Å². The SMILES string of the molecule is CC/C=C\C/C=C\C/C=C\C/C=C\C/C=C\CCCCCCCCCCCCCCCCCCCCCCCC(=O)OC(COC(=O)CCCCCCC/C=C\C/C=C\C/C=C\C/C=C\C/C=C\CC)COP(=O)(O)OCCN. The summed E-state index contributed by atoms with van der Waals surface area (Å²) in [6.07, 6.45) is 88.5. The summed E-state index contributed by atoms with van der Waals surface area (Å²) >= 11 is 0. The maximum absolute atomic E-state index is 12.7. The van der Waals surface area contributed by atoms with E-state index in [1.807, 2.05) is 0 Å². The van der Waals surface area contributed by atoms with Crippen molar-refractivity contribution in [1.29, 1.82) is 0 Å². The highest BCUT2D eigenvalue weighted by Gasteiger charge is 2.26. The third-order valence-electron chi connectivity index (χ3n) is 13.3. The second-order valence-electron chi connectivity index (χ2n) is 20.9. The molecule has 0 bridgehead atoms. The summed E-state index contributed by atoms with van der Waals surface area (Å²) < 4.78 is 33.1. The Morgan fingerprint density at radius 3 is 0.975 bits per heavy atom. The zero-order valence-corrected chi connectivity index (χ0v) is 51.5. The predicted molar refractivity (Wildman–Crippen MR) is 339 cm³/mol. The minimum Gasteiger partial charge on any atom is -0.462 e. The minimum absolute atomic E-state index is 0.0463. The molecule has 0 rings (SSSR count). The molecule has 0 aliphatic carbocycles. The van der Waals surface area contributed by atoms with E-state index in [2.05, 4.69) is 135 Å². The van der Waals surface area contributed by atoms with E-state index in [9.17, 15) is 19.0 Å². The van der Waals surface area contributed by atoms with E-state index < -0.39 is 32.5 Å². The number of allylic oxidation sites excluding steroid dienone is 20. The Morgan fingerprint density at radius 2 is 0.658 bits per heavy atom. The smallest absolute Gasteiger partial charge is 0.462 e. The quantitative estimate of drug-likeness (QED) is 0.0264. The fourth-order valence-electron chi connectivity index (χ4n) is 8.69. The van der Waals surface area contributed by atoms with Gasteiger partial charge in [0.05, 0.1) is 13.2 Å². The van der Waals surface area contributed by atoms with E-state index in [4.69, 9.17) is 24.3 Å². The van der Waals surface area contributed by atoms with Crippen LogP contribution in [0.1, 0.15) is 271 Å². The maximum Gasteiger partial charge on any atom is 0.472 e. The second kappa shape index (κ2) is 63.6. The number of hydrogen-bond donors (Lipinski definition) is 2. The number of unbranched alkanes of at least 4 members (excludes halogenated alkanes) is 26. The Kier molecular flexibility index (Phi) is 60.7. The van der Waals surface area contributed by atoms with Gasteiger partial charge in [0, 0.05) is 19.4 Å². The first-order valence-electron chi connectivity index (χ1n) is 32.0. The topological polar surface area (TPSA) is 134 Å². The van der Waals surface area contributed by atoms with Crippen LogP contribution in [-0.4, -0.2) is 49.3 Å². The Balaban J connectivity index is 3.89. The molecule has 2 atom stereocenters. The third-order valence-corrected chi connectivity index (χ3v) is 14.3. The van der Waals surface area contributed by atoms with Crippen LogP contribution in [0.3, 0.4) is 0 Å². The van der Waals surface area contributed by atoms with Crippen molar-refractivity contribution in [3.63, 3.8) is 0 Å². The van der Waals surface area contributed by atoms with Crippen molar-refractivity contribution < 1.29 is 37.6 Å². The molecular weight excluding hydrogens is 1000 g/mol. The summed E-state index contributed by atoms with van der Waals surface area (Å²) in [5, 5.41) is 0. The Labute approximate surface area is 485 Å². The van der Waals surface area contributed by atoms with E-state index in [-0.39, 0.29) is 32.6 Å². The first kappa shape index (κ1) is 75.4. The van der Waals surface area contributed by atoms with Gasteiger partial charge in [0.25, 0.3) is 0 Å². The number of carbonyl (C=O) groups is 2. The molecule has 0 aliphatic heterocycles. The summed E-state index contributed by atoms with van der Waals surface area (Å²) in [5.41, 5.74) is 5.39. The van der Waals surface area contributed by atoms with Crippen LogP contribution >= 0.6 is 7.82 Å². The molecule has 79 heavy (non-hydrogen) atoms. The minimum atomic E-state index is -4.40. The van der Waals surface area contributed by atoms with Crippen LogP contribution in [0.4, 0.5) is 0 Å². The van der Waals surface area contributed by atoms with Gasteiger partial charge in [-0.2, -0.15) is 0 Å². The molecule has 2 unspecified atom stereocenters. The highest BCUT2D eigenvalue weighted by Crippen LogP contribution is 2.43. The number of hydrogen-bond acceptors (Lipinski definition) is 8. The molecule has 0 aromatic heterocycles. The van der Waals surface area contributed by atoms with E-state index >= 15 is 0 Å². The van der Waals surface area contributed by atoms with E-state index in [1.54, 1.807) is 0 Å². The molecule has 3 N–H and O–H groups in total. The van der Waals surface area contributed by atoms with Crippen LogP contribution in [0.5, 0.6) is 0 Å². The summed E-state index contributed by atoms with van der Waals surface area (Å²) in [4.78, 5) is 35.3. The Bertz CT molecular complexity index is 1710. The number of ether oxygens (including phenoxy) is 2. The van der Waals surface area contributed by atoms with Gasteiger partial charge in [0.15, 0.2) is 6.10 Å². The fourth-order valence-corrected chi connectivity index (χ4v) is 9.46. The van der Waals surface area contributed by atoms with Crippen LogP contribution < -0.4 is 5.73 Å². The number of phosphoric acid groups is 1. The van der Waals surface area contributed by atoms with Crippen molar-refractivity contribution in [2.24, 2.45) is 5.73 Å². The number of rotatable bonds is 59. The second-order valence-corrected chi connectivity index (χ2v) is 22.3. The molecule has 10 heteroatoms. The largest absolute Gasteiger partial charge is 0.472 e. The lowest BCUT2D eigenvalue weighted by Crippen LogP contribution is -2.29. The molecule has 0 aromatic carbocycles. The number of phosphoric ester groups is 1. The van der Waals surface area contributed by atoms with Crippen molar-refractivity contribution in [3.8, 4) is 0 Å². The molecule has 0 aliphatic rings. The average Bonchev–Trinajstić information content (AvgIpc) is 3.44. The standard InChI is InChI=1S/C69H118NO8P/c1-3-5-7-9-11-13-15-17-19-21-23-25-26-27-28-29-30-31-32-33-34-35-36-37-38-39-40-42-44-46-48-50-52-54-56-58-60-62-69(72)78-67(66-77-79(73,74)76-64-63-70)65-75-68(71)61-59-57-55-53-51-49-47-45-43-41-24-22-20-18-16-14-12-10-8-6-4-2/h5-8,11-14,17-20,23-25,27-28,41,45,47,67H,3-4,9-10,15-16,21-22,26,29-40,42-44,46,48-66,70H2,1-2H3,(H,73,74)/b7-5-,8-6-,13-11-,14-12-,19-17-,20-18-,25-23-,28-27-,41-24-,47-45-. The summed E-state index contributed by atoms with van der Waals surface area (Å²) in [7, 11) is -4.40. The average molecular weight is 1120 g/mol. The van der Waals surface area contributed by atoms with Gasteiger partial charge in [-0.3, -0.25) is 18.6 Å². The molecule has 0 saturated heterocycles. The van der Waals surface area contributed by atoms with Crippen LogP contribution in [-0.2, 0) is 32.7 Å². The lowest BCUT2D eigenvalue weighted by atomic mass is 10.0. The highest BCUT2D eigenvalue weighted by atomic mass is 31.2. The molecule has 0 radical (unpaired) electrons. The Morgan fingerprint density at radius 1 is 0.380 bits per heavy atom. The van der Waals surface area contributed by atoms with Crippen LogP contribution in [0.2, 0.25) is 0 Å². The van der Waals surface area contributed by atoms with Gasteiger partial charge in [-0.1, -0.05) is 277 Å². The predicted octanol–water partition coefficient (Wildman–Crippen LogP) is 20.7. The number of carbonyl (C=O) groups excluding carboxylic acids is 2. The van der Waals surface area contributed by atoms with E-state index in [0.717, 1.165) is 116 Å². The Hall–Kier alpha value is -3.59. The highest BCUT2D eigenvalue weighted by molar-refractivity contribution is 7.47. The molecule has 0 heterocycles. The molecular formula is C69H118NO8P. The van der Waals surface area contributed by atoms with E-state index in [0.29, 0.717) is 12.8 Å². The summed E-state index contributed by atoms with van der Waals surface area (Å²) in [6, 6.07) is 0. The first-order valence-corrected chi connectivity index (χ1v) is 33.5. The number of esters is 2. The van der Waals surface area contributed by atoms with Crippen molar-refractivity contribution >= 4 is 19.8 Å². The molecule has 0 spiro atoms. The third kappa shape index (κ3) is 63.5. The van der Waals surface area contributed by atoms with Gasteiger partial charge in [0.2, 0.25) is 0 Å². The molecule has 452 valence electrons. The van der Waals surface area contributed by atoms with Gasteiger partial charge >= 0.3 is 19.8 Å². The van der Waals surface area contributed by atoms with Crippen LogP contribution in [0, 0.1) is 0 Å². The maximum atomic E-state index is 12.7. The fraction of sp³-hybridized carbons (Fsp3) is 0.681. The lowest BCUT2D eigenvalue weighted by Gasteiger charge is -2.19.